The van der Waals surface area contributed by atoms with Gasteiger partial charge in [0.1, 0.15) is 5.75 Å². The van der Waals surface area contributed by atoms with Crippen LogP contribution in [0.3, 0.4) is 0 Å². The summed E-state index contributed by atoms with van der Waals surface area (Å²) in [7, 11) is 1.65. The van der Waals surface area contributed by atoms with Gasteiger partial charge in [-0.05, 0) is 42.0 Å². The van der Waals surface area contributed by atoms with E-state index in [0.29, 0.717) is 6.42 Å². The van der Waals surface area contributed by atoms with Gasteiger partial charge in [-0.1, -0.05) is 18.2 Å². The Labute approximate surface area is 129 Å². The summed E-state index contributed by atoms with van der Waals surface area (Å²) in [5, 5.41) is 2.08. The molecule has 1 saturated heterocycles. The highest BCUT2D eigenvalue weighted by atomic mass is 32.1. The van der Waals surface area contributed by atoms with Crippen LogP contribution in [0.15, 0.2) is 41.8 Å². The van der Waals surface area contributed by atoms with Crippen molar-refractivity contribution in [1.82, 2.24) is 4.90 Å². The molecule has 110 valence electrons. The second-order valence-corrected chi connectivity index (χ2v) is 6.27. The average Bonchev–Trinajstić information content (AvgIpc) is 3.18. The van der Waals surface area contributed by atoms with Crippen LogP contribution in [0.5, 0.6) is 5.75 Å². The van der Waals surface area contributed by atoms with E-state index in [0.717, 1.165) is 30.7 Å². The molecule has 2 aromatic rings. The van der Waals surface area contributed by atoms with E-state index in [-0.39, 0.29) is 11.9 Å². The standard InChI is InChI=1S/C17H19NO2S/c1-20-14-6-2-5-13(11-14)12-17(19)18-9-3-7-15(18)16-8-4-10-21-16/h2,4-6,8,10-11,15H,3,7,9,12H2,1H3/t15-/m0/s1. The number of methoxy groups -OCH3 is 1. The van der Waals surface area contributed by atoms with Crippen molar-refractivity contribution in [3.8, 4) is 5.75 Å². The summed E-state index contributed by atoms with van der Waals surface area (Å²) >= 11 is 1.74. The third-order valence-corrected chi connectivity index (χ3v) is 4.91. The molecule has 0 unspecified atom stereocenters. The molecule has 0 spiro atoms. The molecule has 0 radical (unpaired) electrons. The van der Waals surface area contributed by atoms with E-state index >= 15 is 0 Å². The number of carbonyl (C=O) groups is 1. The number of benzene rings is 1. The molecule has 0 aliphatic carbocycles. The Hall–Kier alpha value is -1.81. The first-order chi connectivity index (χ1) is 10.3. The van der Waals surface area contributed by atoms with Crippen LogP contribution in [-0.2, 0) is 11.2 Å². The molecule has 1 aliphatic rings. The summed E-state index contributed by atoms with van der Waals surface area (Å²) in [6, 6.07) is 12.2. The van der Waals surface area contributed by atoms with Gasteiger partial charge in [0.25, 0.3) is 0 Å². The highest BCUT2D eigenvalue weighted by Crippen LogP contribution is 2.34. The lowest BCUT2D eigenvalue weighted by Gasteiger charge is -2.24. The molecule has 2 heterocycles. The first kappa shape index (κ1) is 14.1. The fourth-order valence-corrected chi connectivity index (χ4v) is 3.77. The molecule has 1 amide bonds. The van der Waals surface area contributed by atoms with Crippen LogP contribution in [-0.4, -0.2) is 24.5 Å². The monoisotopic (exact) mass is 301 g/mol. The Balaban J connectivity index is 1.72. The third-order valence-electron chi connectivity index (χ3n) is 3.93. The zero-order valence-corrected chi connectivity index (χ0v) is 12.9. The first-order valence-corrected chi connectivity index (χ1v) is 8.11. The van der Waals surface area contributed by atoms with Gasteiger partial charge in [0.2, 0.25) is 5.91 Å². The minimum Gasteiger partial charge on any atom is -0.497 e. The quantitative estimate of drug-likeness (QED) is 0.862. The maximum absolute atomic E-state index is 12.6. The molecule has 1 atom stereocenters. The first-order valence-electron chi connectivity index (χ1n) is 7.24. The third kappa shape index (κ3) is 3.10. The number of rotatable bonds is 4. The van der Waals surface area contributed by atoms with E-state index in [1.165, 1.54) is 4.88 Å². The number of likely N-dealkylation sites (tertiary alicyclic amines) is 1. The Kier molecular flexibility index (Phi) is 4.25. The molecule has 3 nitrogen and oxygen atoms in total. The molecule has 0 N–H and O–H groups in total. The lowest BCUT2D eigenvalue weighted by molar-refractivity contribution is -0.131. The van der Waals surface area contributed by atoms with Gasteiger partial charge in [-0.25, -0.2) is 0 Å². The van der Waals surface area contributed by atoms with E-state index in [1.807, 2.05) is 29.2 Å². The number of hydrogen-bond acceptors (Lipinski definition) is 3. The van der Waals surface area contributed by atoms with Crippen molar-refractivity contribution < 1.29 is 9.53 Å². The zero-order chi connectivity index (χ0) is 14.7. The lowest BCUT2D eigenvalue weighted by Crippen LogP contribution is -2.31. The number of ether oxygens (including phenoxy) is 1. The summed E-state index contributed by atoms with van der Waals surface area (Å²) in [6.07, 6.45) is 2.61. The van der Waals surface area contributed by atoms with Gasteiger partial charge in [-0.3, -0.25) is 4.79 Å². The SMILES string of the molecule is COc1cccc(CC(=O)N2CCC[C@H]2c2cccs2)c1. The van der Waals surface area contributed by atoms with Crippen molar-refractivity contribution in [3.63, 3.8) is 0 Å². The number of nitrogens with zero attached hydrogens (tertiary/aromatic N) is 1. The number of amides is 1. The van der Waals surface area contributed by atoms with Crippen molar-refractivity contribution in [3.05, 3.63) is 52.2 Å². The molecule has 0 bridgehead atoms. The molecule has 3 rings (SSSR count). The zero-order valence-electron chi connectivity index (χ0n) is 12.1. The van der Waals surface area contributed by atoms with Gasteiger partial charge >= 0.3 is 0 Å². The van der Waals surface area contributed by atoms with Gasteiger partial charge in [-0.15, -0.1) is 11.3 Å². The Morgan fingerprint density at radius 2 is 2.29 bits per heavy atom. The maximum atomic E-state index is 12.6. The molecule has 1 aliphatic heterocycles. The van der Waals surface area contributed by atoms with E-state index < -0.39 is 0 Å². The van der Waals surface area contributed by atoms with Crippen molar-refractivity contribution >= 4 is 17.2 Å². The van der Waals surface area contributed by atoms with Gasteiger partial charge in [0.15, 0.2) is 0 Å². The fourth-order valence-electron chi connectivity index (χ4n) is 2.90. The predicted molar refractivity (Wildman–Crippen MR) is 84.7 cm³/mol. The minimum atomic E-state index is 0.208. The summed E-state index contributed by atoms with van der Waals surface area (Å²) < 4.78 is 5.22. The van der Waals surface area contributed by atoms with Crippen LogP contribution in [0.4, 0.5) is 0 Å². The largest absolute Gasteiger partial charge is 0.497 e. The molecule has 4 heteroatoms. The van der Waals surface area contributed by atoms with Gasteiger partial charge in [0.05, 0.1) is 19.6 Å². The van der Waals surface area contributed by atoms with Crippen LogP contribution < -0.4 is 4.74 Å². The fraction of sp³-hybridized carbons (Fsp3) is 0.353. The topological polar surface area (TPSA) is 29.5 Å². The second-order valence-electron chi connectivity index (χ2n) is 5.29. The van der Waals surface area contributed by atoms with Crippen LogP contribution in [0.2, 0.25) is 0 Å². The Bertz CT molecular complexity index is 609. The average molecular weight is 301 g/mol. The highest BCUT2D eigenvalue weighted by molar-refractivity contribution is 7.10. The predicted octanol–water partition coefficient (Wildman–Crippen LogP) is 3.66. The summed E-state index contributed by atoms with van der Waals surface area (Å²) in [6.45, 7) is 0.866. The van der Waals surface area contributed by atoms with Crippen molar-refractivity contribution in [2.75, 3.05) is 13.7 Å². The summed E-state index contributed by atoms with van der Waals surface area (Å²) in [5.41, 5.74) is 1.01. The van der Waals surface area contributed by atoms with Gasteiger partial charge in [0, 0.05) is 11.4 Å². The van der Waals surface area contributed by atoms with Crippen LogP contribution in [0.25, 0.3) is 0 Å². The van der Waals surface area contributed by atoms with Crippen molar-refractivity contribution in [2.24, 2.45) is 0 Å². The van der Waals surface area contributed by atoms with Crippen molar-refractivity contribution in [1.29, 1.82) is 0 Å². The summed E-state index contributed by atoms with van der Waals surface area (Å²) in [4.78, 5) is 15.9. The number of thiophene rings is 1. The Morgan fingerprint density at radius 1 is 1.38 bits per heavy atom. The number of carbonyl (C=O) groups excluding carboxylic acids is 1. The Morgan fingerprint density at radius 3 is 3.05 bits per heavy atom. The molecule has 21 heavy (non-hydrogen) atoms. The molecule has 1 fully saturated rings. The van der Waals surface area contributed by atoms with Crippen molar-refractivity contribution in [2.45, 2.75) is 25.3 Å². The molecule has 0 saturated carbocycles. The van der Waals surface area contributed by atoms with Crippen LogP contribution in [0, 0.1) is 0 Å². The lowest BCUT2D eigenvalue weighted by atomic mass is 10.1. The number of hydrogen-bond donors (Lipinski definition) is 0. The molecule has 1 aromatic carbocycles. The van der Waals surface area contributed by atoms with Gasteiger partial charge < -0.3 is 9.64 Å². The van der Waals surface area contributed by atoms with E-state index in [9.17, 15) is 4.79 Å². The summed E-state index contributed by atoms with van der Waals surface area (Å²) in [5.74, 6) is 1.01. The second kappa shape index (κ2) is 6.31. The molecular weight excluding hydrogens is 282 g/mol. The van der Waals surface area contributed by atoms with Crippen LogP contribution >= 0.6 is 11.3 Å². The molecule has 1 aromatic heterocycles. The van der Waals surface area contributed by atoms with Gasteiger partial charge in [-0.2, -0.15) is 0 Å². The van der Waals surface area contributed by atoms with E-state index in [2.05, 4.69) is 17.5 Å². The van der Waals surface area contributed by atoms with Crippen LogP contribution in [0.1, 0.15) is 29.3 Å². The van der Waals surface area contributed by atoms with E-state index in [1.54, 1.807) is 18.4 Å². The van der Waals surface area contributed by atoms with E-state index in [4.69, 9.17) is 4.74 Å². The molecular formula is C17H19NO2S. The highest BCUT2D eigenvalue weighted by Gasteiger charge is 2.30. The smallest absolute Gasteiger partial charge is 0.227 e. The maximum Gasteiger partial charge on any atom is 0.227 e. The normalized spacial score (nSPS) is 18.0. The minimum absolute atomic E-state index is 0.208.